The monoisotopic (exact) mass is 453 g/mol. The summed E-state index contributed by atoms with van der Waals surface area (Å²) in [5, 5.41) is 25.0. The van der Waals surface area contributed by atoms with Crippen LogP contribution in [0, 0.1) is 0 Å². The summed E-state index contributed by atoms with van der Waals surface area (Å²) in [6.45, 7) is 0. The van der Waals surface area contributed by atoms with E-state index in [1.54, 1.807) is 6.20 Å². The molecule has 0 saturated carbocycles. The van der Waals surface area contributed by atoms with E-state index in [1.165, 1.54) is 23.1 Å². The van der Waals surface area contributed by atoms with Crippen molar-refractivity contribution in [2.24, 2.45) is 0 Å². The van der Waals surface area contributed by atoms with Crippen LogP contribution >= 0.6 is 23.1 Å². The molecule has 8 nitrogen and oxygen atoms in total. The Morgan fingerprint density at radius 2 is 1.87 bits per heavy atom. The van der Waals surface area contributed by atoms with E-state index in [1.807, 2.05) is 54.6 Å². The van der Waals surface area contributed by atoms with Gasteiger partial charge in [-0.25, -0.2) is 4.79 Å². The summed E-state index contributed by atoms with van der Waals surface area (Å²) in [7, 11) is 0. The van der Waals surface area contributed by atoms with Crippen molar-refractivity contribution < 1.29 is 14.7 Å². The predicted molar refractivity (Wildman–Crippen MR) is 122 cm³/mol. The summed E-state index contributed by atoms with van der Waals surface area (Å²) in [6.07, 6.45) is 1.98. The number of H-pyrrole nitrogens is 1. The van der Waals surface area contributed by atoms with Crippen molar-refractivity contribution in [2.75, 3.05) is 11.1 Å². The number of carbonyl (C=O) groups excluding carboxylic acids is 1. The maximum absolute atomic E-state index is 12.4. The molecule has 158 valence electrons. The summed E-state index contributed by atoms with van der Waals surface area (Å²) in [5.74, 6) is -1.39. The summed E-state index contributed by atoms with van der Waals surface area (Å²) in [5.41, 5.74) is 2.67. The van der Waals surface area contributed by atoms with Gasteiger partial charge in [0.15, 0.2) is 4.34 Å². The quantitative estimate of drug-likeness (QED) is 0.285. The van der Waals surface area contributed by atoms with Crippen molar-refractivity contribution in [3.8, 4) is 0 Å². The molecule has 1 amide bonds. The van der Waals surface area contributed by atoms with Crippen molar-refractivity contribution in [1.82, 2.24) is 20.5 Å². The molecule has 31 heavy (non-hydrogen) atoms. The Bertz CT molecular complexity index is 1190. The molecule has 10 heteroatoms. The van der Waals surface area contributed by atoms with Gasteiger partial charge in [-0.2, -0.15) is 0 Å². The Morgan fingerprint density at radius 1 is 1.10 bits per heavy atom. The molecule has 0 aliphatic carbocycles. The van der Waals surface area contributed by atoms with E-state index in [4.69, 9.17) is 0 Å². The topological polar surface area (TPSA) is 120 Å². The number of nitrogens with one attached hydrogen (secondary N) is 3. The van der Waals surface area contributed by atoms with Crippen LogP contribution in [0.4, 0.5) is 10.8 Å². The van der Waals surface area contributed by atoms with Gasteiger partial charge in [0.25, 0.3) is 0 Å². The lowest BCUT2D eigenvalue weighted by atomic mass is 10.1. The average Bonchev–Trinajstić information content (AvgIpc) is 3.39. The maximum Gasteiger partial charge on any atom is 0.326 e. The molecule has 2 aromatic heterocycles. The fraction of sp³-hybridized carbons (Fsp3) is 0.143. The maximum atomic E-state index is 12.4. The number of amides is 1. The molecule has 0 spiro atoms. The minimum absolute atomic E-state index is 0.0532. The van der Waals surface area contributed by atoms with Crippen LogP contribution in [0.1, 0.15) is 5.56 Å². The average molecular weight is 454 g/mol. The molecule has 0 aliphatic rings. The zero-order valence-electron chi connectivity index (χ0n) is 16.2. The van der Waals surface area contributed by atoms with E-state index in [0.29, 0.717) is 9.47 Å². The normalized spacial score (nSPS) is 11.9. The van der Waals surface area contributed by atoms with Gasteiger partial charge < -0.3 is 20.7 Å². The molecule has 0 unspecified atom stereocenters. The third-order valence-corrected chi connectivity index (χ3v) is 6.46. The molecule has 4 rings (SSSR count). The molecule has 0 aliphatic heterocycles. The number of carbonyl (C=O) groups is 2. The molecule has 0 bridgehead atoms. The number of fused-ring (bicyclic) bond motifs is 1. The first-order valence-corrected chi connectivity index (χ1v) is 11.2. The van der Waals surface area contributed by atoms with Crippen LogP contribution < -0.4 is 10.6 Å². The van der Waals surface area contributed by atoms with Crippen LogP contribution in [-0.4, -0.2) is 44.0 Å². The number of anilines is 2. The molecule has 0 saturated heterocycles. The minimum atomic E-state index is -1.08. The highest BCUT2D eigenvalue weighted by Crippen LogP contribution is 2.27. The second-order valence-corrected chi connectivity index (χ2v) is 8.87. The molecule has 1 atom stereocenters. The second kappa shape index (κ2) is 9.63. The van der Waals surface area contributed by atoms with E-state index in [9.17, 15) is 14.7 Å². The predicted octanol–water partition coefficient (Wildman–Crippen LogP) is 3.67. The third kappa shape index (κ3) is 5.41. The van der Waals surface area contributed by atoms with Gasteiger partial charge in [0.05, 0.1) is 5.75 Å². The van der Waals surface area contributed by atoms with Gasteiger partial charge in [-0.05, 0) is 23.8 Å². The van der Waals surface area contributed by atoms with E-state index in [0.717, 1.165) is 22.2 Å². The largest absolute Gasteiger partial charge is 0.480 e. The Labute approximate surface area is 186 Å². The van der Waals surface area contributed by atoms with Gasteiger partial charge in [0.1, 0.15) is 6.04 Å². The minimum Gasteiger partial charge on any atom is -0.480 e. The van der Waals surface area contributed by atoms with Crippen LogP contribution in [0.3, 0.4) is 0 Å². The number of rotatable bonds is 9. The SMILES string of the molecule is O=C(CSc1nnc(Nc2ccccc2)s1)N[C@H](Cc1c[nH]c2ccccc12)C(=O)O. The molecule has 0 radical (unpaired) electrons. The molecular weight excluding hydrogens is 434 g/mol. The van der Waals surface area contributed by atoms with E-state index >= 15 is 0 Å². The third-order valence-electron chi connectivity index (χ3n) is 4.49. The summed E-state index contributed by atoms with van der Waals surface area (Å²) < 4.78 is 0.622. The summed E-state index contributed by atoms with van der Waals surface area (Å²) in [4.78, 5) is 27.2. The first kappa shape index (κ1) is 20.9. The van der Waals surface area contributed by atoms with Gasteiger partial charge in [-0.3, -0.25) is 4.79 Å². The van der Waals surface area contributed by atoms with Crippen molar-refractivity contribution in [2.45, 2.75) is 16.8 Å². The number of aromatic amines is 1. The Morgan fingerprint density at radius 3 is 2.68 bits per heavy atom. The standard InChI is InChI=1S/C21H19N5O3S2/c27-18(12-30-21-26-25-20(31-21)23-14-6-2-1-3-7-14)24-17(19(28)29)10-13-11-22-16-9-5-4-8-15(13)16/h1-9,11,17,22H,10,12H2,(H,23,25)(H,24,27)(H,28,29)/t17-/m1/s1. The zero-order chi connectivity index (χ0) is 21.6. The van der Waals surface area contributed by atoms with Crippen LogP contribution in [0.5, 0.6) is 0 Å². The first-order valence-electron chi connectivity index (χ1n) is 9.44. The smallest absolute Gasteiger partial charge is 0.326 e. The highest BCUT2D eigenvalue weighted by molar-refractivity contribution is 8.01. The highest BCUT2D eigenvalue weighted by Gasteiger charge is 2.22. The second-order valence-electron chi connectivity index (χ2n) is 6.67. The lowest BCUT2D eigenvalue weighted by Crippen LogP contribution is -2.43. The van der Waals surface area contributed by atoms with E-state index < -0.39 is 12.0 Å². The molecular formula is C21H19N5O3S2. The number of nitrogens with zero attached hydrogens (tertiary/aromatic N) is 2. The van der Waals surface area contributed by atoms with Crippen molar-refractivity contribution >= 4 is 56.7 Å². The van der Waals surface area contributed by atoms with Gasteiger partial charge in [-0.15, -0.1) is 10.2 Å². The number of hydrogen-bond acceptors (Lipinski definition) is 7. The van der Waals surface area contributed by atoms with Gasteiger partial charge in [0.2, 0.25) is 11.0 Å². The lowest BCUT2D eigenvalue weighted by Gasteiger charge is -2.13. The number of benzene rings is 2. The number of thioether (sulfide) groups is 1. The number of aromatic nitrogens is 3. The number of hydrogen-bond donors (Lipinski definition) is 4. The van der Waals surface area contributed by atoms with Crippen LogP contribution in [0.25, 0.3) is 10.9 Å². The van der Waals surface area contributed by atoms with Gasteiger partial charge in [0, 0.05) is 29.2 Å². The van der Waals surface area contributed by atoms with Crippen molar-refractivity contribution in [1.29, 1.82) is 0 Å². The van der Waals surface area contributed by atoms with Gasteiger partial charge >= 0.3 is 5.97 Å². The molecule has 4 aromatic rings. The number of carboxylic acids is 1. The highest BCUT2D eigenvalue weighted by atomic mass is 32.2. The van der Waals surface area contributed by atoms with Crippen molar-refractivity contribution in [3.63, 3.8) is 0 Å². The van der Waals surface area contributed by atoms with Crippen LogP contribution in [0.15, 0.2) is 65.1 Å². The number of carboxylic acid groups (broad SMARTS) is 1. The Kier molecular flexibility index (Phi) is 6.48. The Balaban J connectivity index is 1.32. The first-order chi connectivity index (χ1) is 15.1. The van der Waals surface area contributed by atoms with Crippen LogP contribution in [0.2, 0.25) is 0 Å². The van der Waals surface area contributed by atoms with E-state index in [2.05, 4.69) is 25.8 Å². The number of aliphatic carboxylic acids is 1. The molecule has 4 N–H and O–H groups in total. The molecule has 2 heterocycles. The summed E-state index contributed by atoms with van der Waals surface area (Å²) in [6, 6.07) is 16.2. The molecule has 2 aromatic carbocycles. The number of para-hydroxylation sites is 2. The van der Waals surface area contributed by atoms with E-state index in [-0.39, 0.29) is 18.1 Å². The zero-order valence-corrected chi connectivity index (χ0v) is 17.9. The Hall–Kier alpha value is -3.37. The summed E-state index contributed by atoms with van der Waals surface area (Å²) >= 11 is 2.55. The van der Waals surface area contributed by atoms with Crippen LogP contribution in [-0.2, 0) is 16.0 Å². The van der Waals surface area contributed by atoms with Gasteiger partial charge in [-0.1, -0.05) is 59.5 Å². The van der Waals surface area contributed by atoms with Crippen molar-refractivity contribution in [3.05, 3.63) is 66.4 Å². The fourth-order valence-corrected chi connectivity index (χ4v) is 4.63. The fourth-order valence-electron chi connectivity index (χ4n) is 3.05. The molecule has 0 fully saturated rings. The lowest BCUT2D eigenvalue weighted by molar-refractivity contribution is -0.141.